The molecule has 140 valence electrons. The highest BCUT2D eigenvalue weighted by Crippen LogP contribution is 2.21. The summed E-state index contributed by atoms with van der Waals surface area (Å²) in [4.78, 5) is 14.5. The van der Waals surface area contributed by atoms with Crippen LogP contribution in [0.2, 0.25) is 0 Å². The number of amides is 1. The second kappa shape index (κ2) is 8.83. The fraction of sp³-hybridized carbons (Fsp3) is 0.174. The van der Waals surface area contributed by atoms with Crippen molar-refractivity contribution in [2.75, 3.05) is 6.54 Å². The van der Waals surface area contributed by atoms with E-state index in [1.807, 2.05) is 62.5 Å². The number of nitriles is 1. The number of nitrogens with zero attached hydrogens (tertiary/aromatic N) is 4. The zero-order valence-corrected chi connectivity index (χ0v) is 16.0. The molecule has 1 unspecified atom stereocenters. The van der Waals surface area contributed by atoms with Crippen LogP contribution in [0.25, 0.3) is 11.8 Å². The summed E-state index contributed by atoms with van der Waals surface area (Å²) in [6.45, 7) is 4.54. The Morgan fingerprint density at radius 1 is 1.21 bits per heavy atom. The Balaban J connectivity index is 1.71. The molecular weight excluding hydrogens is 348 g/mol. The predicted molar refractivity (Wildman–Crippen MR) is 110 cm³/mol. The first-order valence-corrected chi connectivity index (χ1v) is 9.21. The SMILES string of the molecule is CCN(C(=O)C=Cc1cnn(-c2ccccc2)c1)C(C)c1ccc(C#N)cc1. The van der Waals surface area contributed by atoms with Gasteiger partial charge >= 0.3 is 0 Å². The molecular formula is C23H22N4O. The number of para-hydroxylation sites is 1. The number of rotatable bonds is 6. The van der Waals surface area contributed by atoms with Crippen LogP contribution >= 0.6 is 0 Å². The third kappa shape index (κ3) is 4.36. The van der Waals surface area contributed by atoms with Crippen LogP contribution in [0.3, 0.4) is 0 Å². The van der Waals surface area contributed by atoms with Crippen molar-refractivity contribution in [1.82, 2.24) is 14.7 Å². The standard InChI is InChI=1S/C23H22N4O/c1-3-26(18(2)21-12-9-19(15-24)10-13-21)23(28)14-11-20-16-25-27(17-20)22-7-5-4-6-8-22/h4-14,16-18H,3H2,1-2H3. The van der Waals surface area contributed by atoms with Crippen molar-refractivity contribution < 1.29 is 4.79 Å². The highest BCUT2D eigenvalue weighted by Gasteiger charge is 2.18. The van der Waals surface area contributed by atoms with Crippen molar-refractivity contribution >= 4 is 12.0 Å². The topological polar surface area (TPSA) is 61.9 Å². The van der Waals surface area contributed by atoms with Crippen molar-refractivity contribution in [2.45, 2.75) is 19.9 Å². The van der Waals surface area contributed by atoms with Gasteiger partial charge in [-0.3, -0.25) is 4.79 Å². The summed E-state index contributed by atoms with van der Waals surface area (Å²) in [5.41, 5.74) is 3.44. The monoisotopic (exact) mass is 370 g/mol. The van der Waals surface area contributed by atoms with Gasteiger partial charge in [0.25, 0.3) is 0 Å². The quantitative estimate of drug-likeness (QED) is 0.606. The van der Waals surface area contributed by atoms with Gasteiger partial charge < -0.3 is 4.90 Å². The largest absolute Gasteiger partial charge is 0.333 e. The van der Waals surface area contributed by atoms with Gasteiger partial charge in [0.15, 0.2) is 0 Å². The summed E-state index contributed by atoms with van der Waals surface area (Å²) < 4.78 is 1.78. The first-order valence-electron chi connectivity index (χ1n) is 9.21. The van der Waals surface area contributed by atoms with E-state index in [4.69, 9.17) is 5.26 Å². The number of hydrogen-bond acceptors (Lipinski definition) is 3. The molecule has 1 aromatic heterocycles. The van der Waals surface area contributed by atoms with Crippen LogP contribution in [0.5, 0.6) is 0 Å². The smallest absolute Gasteiger partial charge is 0.247 e. The third-order valence-electron chi connectivity index (χ3n) is 4.66. The van der Waals surface area contributed by atoms with Gasteiger partial charge in [-0.05, 0) is 49.8 Å². The average molecular weight is 370 g/mol. The lowest BCUT2D eigenvalue weighted by atomic mass is 10.0. The number of likely N-dealkylation sites (N-methyl/N-ethyl adjacent to an activating group) is 1. The molecule has 0 bridgehead atoms. The Morgan fingerprint density at radius 2 is 1.93 bits per heavy atom. The van der Waals surface area contributed by atoms with Crippen molar-refractivity contribution in [3.05, 3.63) is 89.8 Å². The number of aromatic nitrogens is 2. The van der Waals surface area contributed by atoms with Crippen LogP contribution in [0, 0.1) is 11.3 Å². The third-order valence-corrected chi connectivity index (χ3v) is 4.66. The van der Waals surface area contributed by atoms with Gasteiger partial charge in [-0.25, -0.2) is 4.68 Å². The van der Waals surface area contributed by atoms with Gasteiger partial charge in [0, 0.05) is 24.4 Å². The number of carbonyl (C=O) groups excluding carboxylic acids is 1. The first kappa shape index (κ1) is 19.1. The maximum atomic E-state index is 12.7. The second-order valence-corrected chi connectivity index (χ2v) is 6.42. The van der Waals surface area contributed by atoms with Crippen molar-refractivity contribution in [2.24, 2.45) is 0 Å². The molecule has 0 radical (unpaired) electrons. The Morgan fingerprint density at radius 3 is 2.57 bits per heavy atom. The first-order chi connectivity index (χ1) is 13.6. The van der Waals surface area contributed by atoms with Gasteiger partial charge in [-0.1, -0.05) is 30.3 Å². The minimum atomic E-state index is -0.0815. The van der Waals surface area contributed by atoms with Crippen LogP contribution < -0.4 is 0 Å². The maximum Gasteiger partial charge on any atom is 0.247 e. The van der Waals surface area contributed by atoms with E-state index >= 15 is 0 Å². The molecule has 3 rings (SSSR count). The van der Waals surface area contributed by atoms with Gasteiger partial charge in [0.05, 0.1) is 29.6 Å². The number of carbonyl (C=O) groups is 1. The lowest BCUT2D eigenvalue weighted by Gasteiger charge is -2.27. The molecule has 2 aromatic carbocycles. The van der Waals surface area contributed by atoms with E-state index < -0.39 is 0 Å². The minimum absolute atomic E-state index is 0.0631. The molecule has 5 nitrogen and oxygen atoms in total. The molecule has 5 heteroatoms. The van der Waals surface area contributed by atoms with Gasteiger partial charge in [0.2, 0.25) is 5.91 Å². The van der Waals surface area contributed by atoms with E-state index in [0.29, 0.717) is 12.1 Å². The Labute approximate surface area is 165 Å². The fourth-order valence-electron chi connectivity index (χ4n) is 3.04. The zero-order chi connectivity index (χ0) is 19.9. The van der Waals surface area contributed by atoms with Crippen molar-refractivity contribution in [1.29, 1.82) is 5.26 Å². The molecule has 0 N–H and O–H groups in total. The molecule has 0 aliphatic carbocycles. The summed E-state index contributed by atoms with van der Waals surface area (Å²) >= 11 is 0. The normalized spacial score (nSPS) is 11.9. The van der Waals surface area contributed by atoms with Gasteiger partial charge in [-0.15, -0.1) is 0 Å². The molecule has 3 aromatic rings. The summed E-state index contributed by atoms with van der Waals surface area (Å²) in [7, 11) is 0. The summed E-state index contributed by atoms with van der Waals surface area (Å²) in [5.74, 6) is -0.0631. The zero-order valence-electron chi connectivity index (χ0n) is 16.0. The van der Waals surface area contributed by atoms with E-state index in [1.54, 1.807) is 40.1 Å². The maximum absolute atomic E-state index is 12.7. The fourth-order valence-corrected chi connectivity index (χ4v) is 3.04. The second-order valence-electron chi connectivity index (χ2n) is 6.42. The molecule has 28 heavy (non-hydrogen) atoms. The molecule has 0 saturated heterocycles. The molecule has 1 atom stereocenters. The van der Waals surface area contributed by atoms with E-state index in [1.165, 1.54) is 0 Å². The lowest BCUT2D eigenvalue weighted by molar-refractivity contribution is -0.127. The van der Waals surface area contributed by atoms with Crippen LogP contribution in [-0.2, 0) is 4.79 Å². The highest BCUT2D eigenvalue weighted by molar-refractivity contribution is 5.92. The van der Waals surface area contributed by atoms with Crippen molar-refractivity contribution in [3.8, 4) is 11.8 Å². The van der Waals surface area contributed by atoms with Crippen LogP contribution in [0.1, 0.15) is 36.6 Å². The molecule has 0 fully saturated rings. The summed E-state index contributed by atoms with van der Waals surface area (Å²) in [5, 5.41) is 13.3. The van der Waals surface area contributed by atoms with E-state index in [0.717, 1.165) is 16.8 Å². The van der Waals surface area contributed by atoms with Crippen LogP contribution in [0.4, 0.5) is 0 Å². The molecule has 0 aliphatic heterocycles. The molecule has 0 aliphatic rings. The molecule has 1 amide bonds. The molecule has 1 heterocycles. The average Bonchev–Trinajstić information content (AvgIpc) is 3.22. The Kier molecular flexibility index (Phi) is 6.03. The Bertz CT molecular complexity index is 997. The van der Waals surface area contributed by atoms with E-state index in [9.17, 15) is 4.79 Å². The van der Waals surface area contributed by atoms with Gasteiger partial charge in [-0.2, -0.15) is 10.4 Å². The van der Waals surface area contributed by atoms with Crippen molar-refractivity contribution in [3.63, 3.8) is 0 Å². The van der Waals surface area contributed by atoms with E-state index in [2.05, 4.69) is 11.2 Å². The summed E-state index contributed by atoms with van der Waals surface area (Å²) in [6.07, 6.45) is 6.98. The minimum Gasteiger partial charge on any atom is -0.333 e. The van der Waals surface area contributed by atoms with E-state index in [-0.39, 0.29) is 11.9 Å². The highest BCUT2D eigenvalue weighted by atomic mass is 16.2. The molecule has 0 spiro atoms. The Hall–Kier alpha value is -3.65. The number of benzene rings is 2. The predicted octanol–water partition coefficient (Wildman–Crippen LogP) is 4.37. The van der Waals surface area contributed by atoms with Gasteiger partial charge in [0.1, 0.15) is 0 Å². The summed E-state index contributed by atoms with van der Waals surface area (Å²) in [6, 6.07) is 19.2. The molecule has 0 saturated carbocycles. The van der Waals surface area contributed by atoms with Crippen LogP contribution in [-0.4, -0.2) is 27.1 Å². The van der Waals surface area contributed by atoms with Crippen LogP contribution in [0.15, 0.2) is 73.1 Å². The number of hydrogen-bond donors (Lipinski definition) is 0. The lowest BCUT2D eigenvalue weighted by Crippen LogP contribution is -2.32.